The first kappa shape index (κ1) is 22.4. The summed E-state index contributed by atoms with van der Waals surface area (Å²) in [5.41, 5.74) is 2.02. The second-order valence-corrected chi connectivity index (χ2v) is 9.24. The van der Waals surface area contributed by atoms with E-state index in [1.54, 1.807) is 29.7 Å². The van der Waals surface area contributed by atoms with Gasteiger partial charge in [-0.05, 0) is 25.2 Å². The van der Waals surface area contributed by atoms with Crippen LogP contribution in [-0.2, 0) is 17.1 Å². The van der Waals surface area contributed by atoms with Crippen LogP contribution in [0.5, 0.6) is 0 Å². The molecule has 160 valence electrons. The second-order valence-electron chi connectivity index (χ2n) is 7.02. The average Bonchev–Trinajstić information content (AvgIpc) is 3.12. The topological polar surface area (TPSA) is 84.7 Å². The predicted octanol–water partition coefficient (Wildman–Crippen LogP) is 3.81. The van der Waals surface area contributed by atoms with E-state index in [2.05, 4.69) is 58.6 Å². The molecule has 0 aliphatic carbocycles. The molecule has 7 nitrogen and oxygen atoms in total. The Hall–Kier alpha value is -2.26. The van der Waals surface area contributed by atoms with Crippen LogP contribution in [-0.4, -0.2) is 49.7 Å². The predicted molar refractivity (Wildman–Crippen MR) is 126 cm³/mol. The van der Waals surface area contributed by atoms with Crippen molar-refractivity contribution < 1.29 is 4.79 Å². The van der Waals surface area contributed by atoms with Gasteiger partial charge in [-0.2, -0.15) is 5.10 Å². The number of hydrogen-bond acceptors (Lipinski definition) is 7. The van der Waals surface area contributed by atoms with Gasteiger partial charge in [0.1, 0.15) is 5.82 Å². The van der Waals surface area contributed by atoms with Gasteiger partial charge in [-0.3, -0.25) is 4.79 Å². The molecule has 0 spiro atoms. The third kappa shape index (κ3) is 6.37. The highest BCUT2D eigenvalue weighted by atomic mass is 32.2. The smallest absolute Gasteiger partial charge is 0.230 e. The zero-order chi connectivity index (χ0) is 21.3. The molecule has 3 aromatic rings. The van der Waals surface area contributed by atoms with Gasteiger partial charge < -0.3 is 10.6 Å². The number of carbonyl (C=O) groups is 1. The summed E-state index contributed by atoms with van der Waals surface area (Å²) in [5, 5.41) is 12.5. The van der Waals surface area contributed by atoms with Crippen LogP contribution in [0.3, 0.4) is 0 Å². The van der Waals surface area contributed by atoms with Crippen LogP contribution in [0.4, 0.5) is 5.82 Å². The van der Waals surface area contributed by atoms with E-state index < -0.39 is 0 Å². The normalized spacial score (nSPS) is 11.2. The van der Waals surface area contributed by atoms with Crippen molar-refractivity contribution in [2.24, 2.45) is 0 Å². The lowest BCUT2D eigenvalue weighted by Crippen LogP contribution is -2.29. The van der Waals surface area contributed by atoms with Crippen molar-refractivity contribution >= 4 is 46.3 Å². The number of anilines is 1. The first-order valence-corrected chi connectivity index (χ1v) is 12.2. The van der Waals surface area contributed by atoms with E-state index in [9.17, 15) is 4.79 Å². The number of nitrogens with one attached hydrogen (secondary N) is 2. The first-order valence-electron chi connectivity index (χ1n) is 10.1. The molecule has 0 aliphatic rings. The van der Waals surface area contributed by atoms with Crippen LogP contribution in [0.1, 0.15) is 26.3 Å². The number of fused-ring (bicyclic) bond motifs is 1. The zero-order valence-corrected chi connectivity index (χ0v) is 19.2. The largest absolute Gasteiger partial charge is 0.367 e. The highest BCUT2D eigenvalue weighted by molar-refractivity contribution is 7.99. The molecule has 0 atom stereocenters. The van der Waals surface area contributed by atoms with E-state index in [-0.39, 0.29) is 11.9 Å². The third-order valence-electron chi connectivity index (χ3n) is 4.17. The number of hydrogen-bond donors (Lipinski definition) is 2. The van der Waals surface area contributed by atoms with Gasteiger partial charge in [0, 0.05) is 18.3 Å². The fraction of sp³-hybridized carbons (Fsp3) is 0.429. The zero-order valence-electron chi connectivity index (χ0n) is 17.6. The molecule has 0 saturated carbocycles. The van der Waals surface area contributed by atoms with Crippen LogP contribution >= 0.6 is 23.5 Å². The molecule has 0 bridgehead atoms. The highest BCUT2D eigenvalue weighted by Crippen LogP contribution is 2.24. The van der Waals surface area contributed by atoms with Crippen molar-refractivity contribution in [3.8, 4) is 0 Å². The van der Waals surface area contributed by atoms with Crippen LogP contribution < -0.4 is 10.6 Å². The molecule has 1 amide bonds. The minimum Gasteiger partial charge on any atom is -0.367 e. The van der Waals surface area contributed by atoms with Crippen molar-refractivity contribution in [2.45, 2.75) is 44.3 Å². The van der Waals surface area contributed by atoms with E-state index >= 15 is 0 Å². The molecule has 0 radical (unpaired) electrons. The van der Waals surface area contributed by atoms with E-state index in [4.69, 9.17) is 0 Å². The van der Waals surface area contributed by atoms with Crippen molar-refractivity contribution in [1.82, 2.24) is 25.1 Å². The number of benzene rings is 1. The Kier molecular flexibility index (Phi) is 8.39. The Bertz CT molecular complexity index is 961. The number of amides is 1. The van der Waals surface area contributed by atoms with Crippen molar-refractivity contribution in [3.05, 3.63) is 42.1 Å². The Morgan fingerprint density at radius 1 is 1.20 bits per heavy atom. The maximum Gasteiger partial charge on any atom is 0.230 e. The molecule has 2 heterocycles. The number of carbonyl (C=O) groups excluding carboxylic acids is 1. The number of nitrogens with zero attached hydrogens (tertiary/aromatic N) is 4. The molecule has 0 saturated heterocycles. The van der Waals surface area contributed by atoms with Gasteiger partial charge in [0.2, 0.25) is 5.91 Å². The van der Waals surface area contributed by atoms with Crippen LogP contribution in [0.25, 0.3) is 11.0 Å². The van der Waals surface area contributed by atoms with Gasteiger partial charge in [-0.25, -0.2) is 14.6 Å². The molecule has 0 fully saturated rings. The lowest BCUT2D eigenvalue weighted by molar-refractivity contribution is -0.118. The third-order valence-corrected chi connectivity index (χ3v) is 5.90. The molecule has 9 heteroatoms. The van der Waals surface area contributed by atoms with Gasteiger partial charge >= 0.3 is 0 Å². The minimum atomic E-state index is 0.0337. The molecular weight excluding hydrogens is 416 g/mol. The van der Waals surface area contributed by atoms with Crippen molar-refractivity contribution in [2.75, 3.05) is 23.4 Å². The molecule has 2 aromatic heterocycles. The molecule has 30 heavy (non-hydrogen) atoms. The molecule has 0 unspecified atom stereocenters. The molecule has 1 aromatic carbocycles. The van der Waals surface area contributed by atoms with E-state index in [1.807, 2.05) is 22.9 Å². The number of aromatic nitrogens is 4. The van der Waals surface area contributed by atoms with Gasteiger partial charge in [0.25, 0.3) is 0 Å². The summed E-state index contributed by atoms with van der Waals surface area (Å²) < 4.78 is 1.83. The van der Waals surface area contributed by atoms with Crippen molar-refractivity contribution in [1.29, 1.82) is 0 Å². The highest BCUT2D eigenvalue weighted by Gasteiger charge is 2.14. The SMILES string of the molecule is CCSc1nc(NC(C)C)c2cnn(CCNC(=O)CSCc3ccccc3)c2n1. The standard InChI is InChI=1S/C21H28N6OS2/c1-4-30-21-25-19(24-15(2)3)17-12-23-27(20(17)26-21)11-10-22-18(28)14-29-13-16-8-6-5-7-9-16/h5-9,12,15H,4,10-11,13-14H2,1-3H3,(H,22,28)(H,24,25,26). The van der Waals surface area contributed by atoms with Crippen LogP contribution in [0.15, 0.2) is 41.7 Å². The summed E-state index contributed by atoms with van der Waals surface area (Å²) in [6.45, 7) is 7.31. The maximum atomic E-state index is 12.1. The van der Waals surface area contributed by atoms with Crippen molar-refractivity contribution in [3.63, 3.8) is 0 Å². The Labute approximate surface area is 185 Å². The summed E-state index contributed by atoms with van der Waals surface area (Å²) in [5.74, 6) is 3.01. The average molecular weight is 445 g/mol. The number of thioether (sulfide) groups is 2. The summed E-state index contributed by atoms with van der Waals surface area (Å²) >= 11 is 3.22. The second kappa shape index (κ2) is 11.2. The fourth-order valence-corrected chi connectivity index (χ4v) is 4.25. The maximum absolute atomic E-state index is 12.1. The first-order chi connectivity index (χ1) is 14.6. The molecular formula is C21H28N6OS2. The lowest BCUT2D eigenvalue weighted by Gasteiger charge is -2.11. The molecule has 3 rings (SSSR count). The Balaban J connectivity index is 1.56. The van der Waals surface area contributed by atoms with Gasteiger partial charge in [0.15, 0.2) is 10.8 Å². The van der Waals surface area contributed by atoms with E-state index in [0.717, 1.165) is 33.5 Å². The van der Waals surface area contributed by atoms with E-state index in [1.165, 1.54) is 5.56 Å². The fourth-order valence-electron chi connectivity index (χ4n) is 2.86. The quantitative estimate of drug-likeness (QED) is 0.344. The van der Waals surface area contributed by atoms with Crippen LogP contribution in [0.2, 0.25) is 0 Å². The lowest BCUT2D eigenvalue weighted by atomic mass is 10.2. The Morgan fingerprint density at radius 3 is 2.73 bits per heavy atom. The van der Waals surface area contributed by atoms with Crippen LogP contribution in [0, 0.1) is 0 Å². The van der Waals surface area contributed by atoms with Gasteiger partial charge in [-0.15, -0.1) is 11.8 Å². The summed E-state index contributed by atoms with van der Waals surface area (Å²) in [6, 6.07) is 10.4. The minimum absolute atomic E-state index is 0.0337. The Morgan fingerprint density at radius 2 is 2.00 bits per heavy atom. The van der Waals surface area contributed by atoms with Gasteiger partial charge in [-0.1, -0.05) is 49.0 Å². The molecule has 2 N–H and O–H groups in total. The summed E-state index contributed by atoms with van der Waals surface area (Å²) in [6.07, 6.45) is 1.79. The van der Waals surface area contributed by atoms with Gasteiger partial charge in [0.05, 0.1) is 23.9 Å². The van der Waals surface area contributed by atoms with E-state index in [0.29, 0.717) is 18.8 Å². The summed E-state index contributed by atoms with van der Waals surface area (Å²) in [4.78, 5) is 21.4. The molecule has 0 aliphatic heterocycles. The monoisotopic (exact) mass is 444 g/mol. The summed E-state index contributed by atoms with van der Waals surface area (Å²) in [7, 11) is 0. The number of rotatable bonds is 11.